The van der Waals surface area contributed by atoms with Gasteiger partial charge in [0.25, 0.3) is 0 Å². The van der Waals surface area contributed by atoms with Crippen molar-refractivity contribution in [1.29, 1.82) is 0 Å². The Morgan fingerprint density at radius 2 is 1.61 bits per heavy atom. The third-order valence-corrected chi connectivity index (χ3v) is 7.30. The Hall–Kier alpha value is -2.66. The van der Waals surface area contributed by atoms with E-state index in [9.17, 15) is 23.4 Å². The number of rotatable bonds is 22. The molecule has 0 radical (unpaired) electrons. The lowest BCUT2D eigenvalue weighted by molar-refractivity contribution is -0.121. The molecule has 0 saturated carbocycles. The molecule has 0 fully saturated rings. The van der Waals surface area contributed by atoms with Gasteiger partial charge in [0.1, 0.15) is 5.75 Å². The van der Waals surface area contributed by atoms with Gasteiger partial charge in [0.15, 0.2) is 0 Å². The normalized spacial score (nSPS) is 12.3. The monoisotopic (exact) mass is 591 g/mol. The van der Waals surface area contributed by atoms with Crippen LogP contribution in [0.4, 0.5) is 5.69 Å². The van der Waals surface area contributed by atoms with E-state index in [4.69, 9.17) is 4.74 Å². The Bertz CT molecular complexity index is 1130. The quantitative estimate of drug-likeness (QED) is 0.0981. The van der Waals surface area contributed by atoms with Crippen molar-refractivity contribution < 1.29 is 28.2 Å². The predicted molar refractivity (Wildman–Crippen MR) is 164 cm³/mol. The minimum absolute atomic E-state index is 0.0538. The first-order valence-corrected chi connectivity index (χ1v) is 16.7. The Kier molecular flexibility index (Phi) is 16.4. The summed E-state index contributed by atoms with van der Waals surface area (Å²) in [6.45, 7) is 5.34. The first-order valence-electron chi connectivity index (χ1n) is 14.8. The number of benzene rings is 2. The number of unbranched alkanes of at least 4 members (excludes halogenated alkanes) is 5. The van der Waals surface area contributed by atoms with Crippen molar-refractivity contribution in [3.05, 3.63) is 59.2 Å². The van der Waals surface area contributed by atoms with Gasteiger partial charge in [0, 0.05) is 32.7 Å². The lowest BCUT2D eigenvalue weighted by Gasteiger charge is -2.14. The standard InChI is InChI=1S/C31H49N3O6S/c1-3-4-12-31(37)33-23-26-15-13-25(14-16-26)11-7-10-21-40-20-9-6-5-8-19-32-24-30(36)27-17-18-29(35)28(22-27)34-41(2,38)39/h13-18,22,30,32,34-36H,3-12,19-21,23-24H2,1-2H3,(H,33,37). The van der Waals surface area contributed by atoms with Crippen molar-refractivity contribution in [2.75, 3.05) is 37.3 Å². The molecule has 2 aromatic carbocycles. The van der Waals surface area contributed by atoms with E-state index in [-0.39, 0.29) is 17.3 Å². The number of aliphatic hydroxyl groups is 1. The number of carbonyl (C=O) groups is 1. The number of hydrogen-bond acceptors (Lipinski definition) is 7. The van der Waals surface area contributed by atoms with Crippen molar-refractivity contribution in [1.82, 2.24) is 10.6 Å². The first kappa shape index (κ1) is 34.5. The highest BCUT2D eigenvalue weighted by Gasteiger charge is 2.12. The van der Waals surface area contributed by atoms with E-state index in [0.29, 0.717) is 25.1 Å². The molecule has 0 spiro atoms. The van der Waals surface area contributed by atoms with Crippen LogP contribution in [0.2, 0.25) is 0 Å². The number of aryl methyl sites for hydroxylation is 1. The number of phenols is 1. The summed E-state index contributed by atoms with van der Waals surface area (Å²) >= 11 is 0. The highest BCUT2D eigenvalue weighted by molar-refractivity contribution is 7.92. The SMILES string of the molecule is CCCCC(=O)NCc1ccc(CCCCOCCCCCCNCC(O)c2ccc(O)c(NS(C)(=O)=O)c2)cc1. The molecule has 0 aromatic heterocycles. The fraction of sp³-hybridized carbons (Fsp3) is 0.581. The molecule has 9 nitrogen and oxygen atoms in total. The van der Waals surface area contributed by atoms with Crippen LogP contribution in [0.15, 0.2) is 42.5 Å². The van der Waals surface area contributed by atoms with Crippen molar-refractivity contribution in [2.45, 2.75) is 83.8 Å². The van der Waals surface area contributed by atoms with Gasteiger partial charge in [-0.1, -0.05) is 56.5 Å². The van der Waals surface area contributed by atoms with Crippen LogP contribution >= 0.6 is 0 Å². The van der Waals surface area contributed by atoms with Gasteiger partial charge in [-0.15, -0.1) is 0 Å². The predicted octanol–water partition coefficient (Wildman–Crippen LogP) is 4.79. The molecule has 2 aromatic rings. The second-order valence-electron chi connectivity index (χ2n) is 10.6. The summed E-state index contributed by atoms with van der Waals surface area (Å²) in [5.74, 6) is -0.0669. The summed E-state index contributed by atoms with van der Waals surface area (Å²) in [7, 11) is -3.52. The van der Waals surface area contributed by atoms with Gasteiger partial charge >= 0.3 is 0 Å². The summed E-state index contributed by atoms with van der Waals surface area (Å²) in [6, 6.07) is 12.9. The minimum Gasteiger partial charge on any atom is -0.506 e. The molecule has 0 aliphatic carbocycles. The maximum atomic E-state index is 11.7. The average Bonchev–Trinajstić information content (AvgIpc) is 2.94. The summed E-state index contributed by atoms with van der Waals surface area (Å²) in [5.41, 5.74) is 3.02. The maximum absolute atomic E-state index is 11.7. The lowest BCUT2D eigenvalue weighted by Crippen LogP contribution is -2.22. The van der Waals surface area contributed by atoms with Crippen LogP contribution in [0.5, 0.6) is 5.75 Å². The van der Waals surface area contributed by atoms with Crippen molar-refractivity contribution in [3.8, 4) is 5.75 Å². The van der Waals surface area contributed by atoms with Gasteiger partial charge in [-0.05, 0) is 73.9 Å². The van der Waals surface area contributed by atoms with Crippen LogP contribution in [0.1, 0.15) is 87.5 Å². The number of amides is 1. The highest BCUT2D eigenvalue weighted by Crippen LogP contribution is 2.27. The zero-order valence-electron chi connectivity index (χ0n) is 24.7. The smallest absolute Gasteiger partial charge is 0.229 e. The molecule has 0 heterocycles. The first-order chi connectivity index (χ1) is 19.7. The molecule has 10 heteroatoms. The van der Waals surface area contributed by atoms with Gasteiger partial charge in [-0.3, -0.25) is 9.52 Å². The van der Waals surface area contributed by atoms with Crippen LogP contribution < -0.4 is 15.4 Å². The third-order valence-electron chi connectivity index (χ3n) is 6.70. The molecule has 1 amide bonds. The molecule has 0 bridgehead atoms. The Morgan fingerprint density at radius 3 is 2.32 bits per heavy atom. The van der Waals surface area contributed by atoms with Crippen molar-refractivity contribution >= 4 is 21.6 Å². The van der Waals surface area contributed by atoms with Crippen molar-refractivity contribution in [2.24, 2.45) is 0 Å². The number of aliphatic hydroxyl groups excluding tert-OH is 1. The van der Waals surface area contributed by atoms with E-state index in [0.717, 1.165) is 89.4 Å². The van der Waals surface area contributed by atoms with Crippen LogP contribution in [0, 0.1) is 0 Å². The summed E-state index contributed by atoms with van der Waals surface area (Å²) in [6.07, 6.45) is 10.1. The molecule has 0 saturated heterocycles. The molecule has 2 rings (SSSR count). The molecule has 0 aliphatic heterocycles. The van der Waals surface area contributed by atoms with E-state index < -0.39 is 16.1 Å². The molecule has 1 atom stereocenters. The molecule has 41 heavy (non-hydrogen) atoms. The van der Waals surface area contributed by atoms with Gasteiger partial charge in [0.2, 0.25) is 15.9 Å². The van der Waals surface area contributed by atoms with Gasteiger partial charge in [0.05, 0.1) is 18.0 Å². The Labute approximate surface area is 246 Å². The molecular formula is C31H49N3O6S. The molecule has 1 unspecified atom stereocenters. The van der Waals surface area contributed by atoms with Crippen LogP contribution in [-0.2, 0) is 32.5 Å². The fourth-order valence-corrected chi connectivity index (χ4v) is 4.86. The summed E-state index contributed by atoms with van der Waals surface area (Å²) < 4.78 is 30.9. The minimum atomic E-state index is -3.52. The zero-order chi connectivity index (χ0) is 29.9. The number of sulfonamides is 1. The highest BCUT2D eigenvalue weighted by atomic mass is 32.2. The van der Waals surface area contributed by atoms with E-state index in [1.807, 2.05) is 0 Å². The topological polar surface area (TPSA) is 137 Å². The Morgan fingerprint density at radius 1 is 0.927 bits per heavy atom. The second kappa shape index (κ2) is 19.5. The number of ether oxygens (including phenoxy) is 1. The fourth-order valence-electron chi connectivity index (χ4n) is 4.29. The molecule has 0 aliphatic rings. The third kappa shape index (κ3) is 15.8. The molecule has 230 valence electrons. The van der Waals surface area contributed by atoms with Crippen LogP contribution in [0.3, 0.4) is 0 Å². The number of aromatic hydroxyl groups is 1. The van der Waals surface area contributed by atoms with E-state index in [1.165, 1.54) is 17.7 Å². The van der Waals surface area contributed by atoms with Crippen LogP contribution in [-0.4, -0.2) is 57.1 Å². The van der Waals surface area contributed by atoms with E-state index >= 15 is 0 Å². The average molecular weight is 592 g/mol. The second-order valence-corrected chi connectivity index (χ2v) is 12.3. The van der Waals surface area contributed by atoms with Crippen LogP contribution in [0.25, 0.3) is 0 Å². The number of hydrogen-bond donors (Lipinski definition) is 5. The lowest BCUT2D eigenvalue weighted by atomic mass is 10.1. The van der Waals surface area contributed by atoms with E-state index in [2.05, 4.69) is 46.5 Å². The molecule has 5 N–H and O–H groups in total. The van der Waals surface area contributed by atoms with E-state index in [1.54, 1.807) is 6.07 Å². The largest absolute Gasteiger partial charge is 0.506 e. The zero-order valence-corrected chi connectivity index (χ0v) is 25.5. The van der Waals surface area contributed by atoms with Gasteiger partial charge in [-0.2, -0.15) is 0 Å². The number of carbonyl (C=O) groups excluding carboxylic acids is 1. The number of anilines is 1. The number of nitrogens with one attached hydrogen (secondary N) is 3. The van der Waals surface area contributed by atoms with Crippen molar-refractivity contribution in [3.63, 3.8) is 0 Å². The van der Waals surface area contributed by atoms with Gasteiger partial charge in [-0.25, -0.2) is 8.42 Å². The summed E-state index contributed by atoms with van der Waals surface area (Å²) in [5, 5.41) is 26.4. The summed E-state index contributed by atoms with van der Waals surface area (Å²) in [4.78, 5) is 11.7. The number of phenolic OH excluding ortho intramolecular Hbond substituents is 1. The van der Waals surface area contributed by atoms with Gasteiger partial charge < -0.3 is 25.6 Å². The molecular weight excluding hydrogens is 542 g/mol. The maximum Gasteiger partial charge on any atom is 0.229 e. The Balaban J connectivity index is 1.44.